The van der Waals surface area contributed by atoms with Gasteiger partial charge in [0.2, 0.25) is 5.91 Å². The number of carbonyl (C=O) groups is 1. The largest absolute Gasteiger partial charge is 0.369 e. The molecule has 1 aliphatic heterocycles. The molecule has 108 valence electrons. The van der Waals surface area contributed by atoms with Crippen LogP contribution in [-0.2, 0) is 4.79 Å². The Hall–Kier alpha value is -1.88. The van der Waals surface area contributed by atoms with E-state index in [9.17, 15) is 9.18 Å². The molecule has 0 radical (unpaired) electrons. The molecule has 0 aliphatic carbocycles. The fourth-order valence-corrected chi connectivity index (χ4v) is 2.32. The summed E-state index contributed by atoms with van der Waals surface area (Å²) in [6.45, 7) is 5.30. The molecule has 1 unspecified atom stereocenters. The van der Waals surface area contributed by atoms with E-state index in [0.717, 1.165) is 25.9 Å². The average Bonchev–Trinajstić information content (AvgIpc) is 2.93. The zero-order valence-electron chi connectivity index (χ0n) is 11.4. The Labute approximate surface area is 118 Å². The maximum atomic E-state index is 14.1. The highest BCUT2D eigenvalue weighted by Crippen LogP contribution is 2.26. The number of benzene rings is 1. The van der Waals surface area contributed by atoms with E-state index < -0.39 is 6.04 Å². The molecule has 1 saturated heterocycles. The molecule has 20 heavy (non-hydrogen) atoms. The second kappa shape index (κ2) is 6.52. The van der Waals surface area contributed by atoms with Gasteiger partial charge in [-0.1, -0.05) is 6.08 Å². The number of nitrogens with zero attached hydrogens (tertiary/aromatic N) is 1. The van der Waals surface area contributed by atoms with Crippen LogP contribution in [0.3, 0.4) is 0 Å². The lowest BCUT2D eigenvalue weighted by atomic mass is 10.2. The van der Waals surface area contributed by atoms with Gasteiger partial charge in [0, 0.05) is 18.8 Å². The van der Waals surface area contributed by atoms with Gasteiger partial charge in [-0.05, 0) is 37.5 Å². The zero-order chi connectivity index (χ0) is 14.5. The minimum absolute atomic E-state index is 0.318. The van der Waals surface area contributed by atoms with Crippen molar-refractivity contribution in [1.82, 2.24) is 0 Å². The first-order valence-corrected chi connectivity index (χ1v) is 6.83. The summed E-state index contributed by atoms with van der Waals surface area (Å²) in [5.41, 5.74) is 6.68. The minimum atomic E-state index is -0.659. The van der Waals surface area contributed by atoms with E-state index in [4.69, 9.17) is 5.73 Å². The highest BCUT2D eigenvalue weighted by molar-refractivity contribution is 5.94. The molecule has 4 nitrogen and oxygen atoms in total. The van der Waals surface area contributed by atoms with Crippen molar-refractivity contribution in [3.63, 3.8) is 0 Å². The molecule has 5 heteroatoms. The first-order valence-electron chi connectivity index (χ1n) is 6.83. The van der Waals surface area contributed by atoms with Crippen LogP contribution >= 0.6 is 0 Å². The molecule has 2 rings (SSSR count). The van der Waals surface area contributed by atoms with Crippen LogP contribution < -0.4 is 16.0 Å². The number of rotatable bonds is 5. The van der Waals surface area contributed by atoms with Crippen LogP contribution in [0.15, 0.2) is 30.9 Å². The number of hydrogen-bond acceptors (Lipinski definition) is 3. The van der Waals surface area contributed by atoms with Gasteiger partial charge in [-0.2, -0.15) is 0 Å². The summed E-state index contributed by atoms with van der Waals surface area (Å²) >= 11 is 0. The van der Waals surface area contributed by atoms with Gasteiger partial charge in [-0.15, -0.1) is 6.58 Å². The van der Waals surface area contributed by atoms with Gasteiger partial charge in [0.05, 0.1) is 11.7 Å². The summed E-state index contributed by atoms with van der Waals surface area (Å²) in [5.74, 6) is -0.653. The summed E-state index contributed by atoms with van der Waals surface area (Å²) in [4.78, 5) is 13.8. The maximum Gasteiger partial charge on any atom is 0.241 e. The Morgan fingerprint density at radius 1 is 1.50 bits per heavy atom. The van der Waals surface area contributed by atoms with Gasteiger partial charge >= 0.3 is 0 Å². The molecule has 1 amide bonds. The van der Waals surface area contributed by atoms with Crippen molar-refractivity contribution in [3.8, 4) is 0 Å². The highest BCUT2D eigenvalue weighted by atomic mass is 19.1. The van der Waals surface area contributed by atoms with Gasteiger partial charge in [-0.25, -0.2) is 4.39 Å². The van der Waals surface area contributed by atoms with Gasteiger partial charge in [0.25, 0.3) is 0 Å². The topological polar surface area (TPSA) is 58.4 Å². The van der Waals surface area contributed by atoms with Gasteiger partial charge < -0.3 is 16.0 Å². The number of nitrogens with two attached hydrogens (primary N) is 1. The molecule has 1 aliphatic rings. The van der Waals surface area contributed by atoms with Crippen LogP contribution in [0.5, 0.6) is 0 Å². The summed E-state index contributed by atoms with van der Waals surface area (Å²) in [5, 5.41) is 2.61. The minimum Gasteiger partial charge on any atom is -0.369 e. The van der Waals surface area contributed by atoms with Gasteiger partial charge in [-0.3, -0.25) is 4.79 Å². The number of carbonyl (C=O) groups excluding carboxylic acids is 1. The van der Waals surface area contributed by atoms with Crippen molar-refractivity contribution in [2.24, 2.45) is 5.73 Å². The Kier molecular flexibility index (Phi) is 4.74. The average molecular weight is 277 g/mol. The number of amides is 1. The Morgan fingerprint density at radius 3 is 2.80 bits per heavy atom. The lowest BCUT2D eigenvalue weighted by Gasteiger charge is -2.19. The van der Waals surface area contributed by atoms with E-state index in [2.05, 4.69) is 11.9 Å². The highest BCUT2D eigenvalue weighted by Gasteiger charge is 2.17. The molecule has 0 bridgehead atoms. The van der Waals surface area contributed by atoms with Crippen molar-refractivity contribution < 1.29 is 9.18 Å². The fraction of sp³-hybridized carbons (Fsp3) is 0.400. The van der Waals surface area contributed by atoms with E-state index in [1.54, 1.807) is 18.2 Å². The molecule has 1 aromatic rings. The van der Waals surface area contributed by atoms with Crippen LogP contribution in [0.4, 0.5) is 15.8 Å². The molecule has 0 aromatic heterocycles. The SMILES string of the molecule is C=CCC(N)C(=O)Nc1ccc(N2CCCC2)c(F)c1. The van der Waals surface area contributed by atoms with Crippen LogP contribution in [0.2, 0.25) is 0 Å². The summed E-state index contributed by atoms with van der Waals surface area (Å²) in [6, 6.07) is 4.09. The molecular formula is C15H20FN3O. The second-order valence-electron chi connectivity index (χ2n) is 4.98. The third-order valence-electron chi connectivity index (χ3n) is 3.42. The summed E-state index contributed by atoms with van der Waals surface area (Å²) in [7, 11) is 0. The zero-order valence-corrected chi connectivity index (χ0v) is 11.4. The van der Waals surface area contributed by atoms with Crippen molar-refractivity contribution >= 4 is 17.3 Å². The third-order valence-corrected chi connectivity index (χ3v) is 3.42. The Balaban J connectivity index is 2.05. The number of halogens is 1. The molecule has 1 heterocycles. The normalized spacial score (nSPS) is 16.0. The standard InChI is InChI=1S/C15H20FN3O/c1-2-5-13(17)15(20)18-11-6-7-14(12(16)10-11)19-8-3-4-9-19/h2,6-7,10,13H,1,3-5,8-9,17H2,(H,18,20). The van der Waals surface area contributed by atoms with E-state index >= 15 is 0 Å². The lowest BCUT2D eigenvalue weighted by molar-refractivity contribution is -0.117. The van der Waals surface area contributed by atoms with Crippen molar-refractivity contribution in [3.05, 3.63) is 36.7 Å². The van der Waals surface area contributed by atoms with E-state index in [1.807, 2.05) is 4.90 Å². The fourth-order valence-electron chi connectivity index (χ4n) is 2.32. The first kappa shape index (κ1) is 14.5. The number of hydrogen-bond donors (Lipinski definition) is 2. The molecule has 0 saturated carbocycles. The van der Waals surface area contributed by atoms with Crippen LogP contribution in [-0.4, -0.2) is 25.0 Å². The van der Waals surface area contributed by atoms with E-state index in [0.29, 0.717) is 17.8 Å². The Bertz CT molecular complexity index is 498. The van der Waals surface area contributed by atoms with Gasteiger partial charge in [0.1, 0.15) is 5.82 Å². The lowest BCUT2D eigenvalue weighted by Crippen LogP contribution is -2.35. The monoisotopic (exact) mass is 277 g/mol. The van der Waals surface area contributed by atoms with E-state index in [-0.39, 0.29) is 11.7 Å². The van der Waals surface area contributed by atoms with E-state index in [1.165, 1.54) is 6.07 Å². The molecular weight excluding hydrogens is 257 g/mol. The molecule has 1 atom stereocenters. The Morgan fingerprint density at radius 2 is 2.20 bits per heavy atom. The molecule has 3 N–H and O–H groups in total. The smallest absolute Gasteiger partial charge is 0.241 e. The quantitative estimate of drug-likeness (QED) is 0.812. The van der Waals surface area contributed by atoms with Crippen LogP contribution in [0.25, 0.3) is 0 Å². The summed E-state index contributed by atoms with van der Waals surface area (Å²) < 4.78 is 14.1. The van der Waals surface area contributed by atoms with Crippen molar-refractivity contribution in [1.29, 1.82) is 0 Å². The van der Waals surface area contributed by atoms with Crippen LogP contribution in [0.1, 0.15) is 19.3 Å². The third kappa shape index (κ3) is 3.36. The van der Waals surface area contributed by atoms with Crippen LogP contribution in [0, 0.1) is 5.82 Å². The van der Waals surface area contributed by atoms with Crippen molar-refractivity contribution in [2.75, 3.05) is 23.3 Å². The summed E-state index contributed by atoms with van der Waals surface area (Å²) in [6.07, 6.45) is 4.16. The predicted octanol–water partition coefficient (Wildman–Crippen LogP) is 2.27. The van der Waals surface area contributed by atoms with Crippen molar-refractivity contribution in [2.45, 2.75) is 25.3 Å². The van der Waals surface area contributed by atoms with Gasteiger partial charge in [0.15, 0.2) is 0 Å². The number of nitrogens with one attached hydrogen (secondary N) is 1. The first-order chi connectivity index (χ1) is 9.61. The number of anilines is 2. The molecule has 0 spiro atoms. The molecule has 1 fully saturated rings. The predicted molar refractivity (Wildman–Crippen MR) is 79.3 cm³/mol. The second-order valence-corrected chi connectivity index (χ2v) is 4.98. The molecule has 1 aromatic carbocycles. The maximum absolute atomic E-state index is 14.1.